The van der Waals surface area contributed by atoms with Crippen LogP contribution >= 0.6 is 0 Å². The molecule has 2 aliphatic heterocycles. The van der Waals surface area contributed by atoms with Crippen molar-refractivity contribution in [1.29, 1.82) is 0 Å². The van der Waals surface area contributed by atoms with Gasteiger partial charge in [-0.15, -0.1) is 0 Å². The number of esters is 2. The number of amides is 1. The number of aromatic amines is 2. The molecule has 68 heavy (non-hydrogen) atoms. The lowest BCUT2D eigenvalue weighted by molar-refractivity contribution is -0.143. The summed E-state index contributed by atoms with van der Waals surface area (Å²) >= 11 is 0. The van der Waals surface area contributed by atoms with E-state index in [2.05, 4.69) is 90.2 Å². The van der Waals surface area contributed by atoms with Crippen LogP contribution in [-0.2, 0) is 36.7 Å². The van der Waals surface area contributed by atoms with Crippen LogP contribution in [0.4, 0.5) is 0 Å². The molecule has 0 aromatic carbocycles. The normalized spacial score (nSPS) is 16.0. The average molecular weight is 932 g/mol. The van der Waals surface area contributed by atoms with Gasteiger partial charge in [0.1, 0.15) is 6.61 Å². The van der Waals surface area contributed by atoms with Crippen LogP contribution in [0.1, 0.15) is 188 Å². The molecule has 0 saturated heterocycles. The minimum Gasteiger partial charge on any atom is -0.469 e. The van der Waals surface area contributed by atoms with E-state index in [1.54, 1.807) is 0 Å². The van der Waals surface area contributed by atoms with Gasteiger partial charge in [-0.25, -0.2) is 4.98 Å². The number of rotatable bonds is 24. The number of methoxy groups -OCH3 is 1. The second kappa shape index (κ2) is 25.4. The molecule has 1 amide bonds. The Morgan fingerprint density at radius 3 is 2.16 bits per heavy atom. The predicted octanol–water partition coefficient (Wildman–Crippen LogP) is 12.5. The van der Waals surface area contributed by atoms with Crippen molar-refractivity contribution < 1.29 is 29.0 Å². The average Bonchev–Trinajstić information content (AvgIpc) is 3.98. The quantitative estimate of drug-likeness (QED) is 0.0510. The maximum absolute atomic E-state index is 14.1. The zero-order valence-electron chi connectivity index (χ0n) is 43.2. The van der Waals surface area contributed by atoms with Gasteiger partial charge in [-0.2, -0.15) is 0 Å². The van der Waals surface area contributed by atoms with Gasteiger partial charge in [0.05, 0.1) is 42.8 Å². The fourth-order valence-corrected chi connectivity index (χ4v) is 10.0. The third-order valence-electron chi connectivity index (χ3n) is 14.4. The smallest absolute Gasteiger partial charge is 0.310 e. The number of aliphatic hydroxyl groups excluding tert-OH is 1. The lowest BCUT2D eigenvalue weighted by Gasteiger charge is -2.18. The van der Waals surface area contributed by atoms with E-state index in [4.69, 9.17) is 19.4 Å². The Labute approximate surface area is 406 Å². The summed E-state index contributed by atoms with van der Waals surface area (Å²) in [5.74, 6) is 0.511. The molecule has 5 heterocycles. The molecular weight excluding hydrogens is 851 g/mol. The Hall–Kier alpha value is -5.29. The van der Waals surface area contributed by atoms with Crippen molar-refractivity contribution in [3.63, 3.8) is 0 Å². The second-order valence-electron chi connectivity index (χ2n) is 20.0. The first kappa shape index (κ1) is 53.7. The number of carbonyl (C=O) groups is 3. The molecular formula is C57H81N5O6. The Morgan fingerprint density at radius 1 is 0.853 bits per heavy atom. The molecule has 11 heteroatoms. The largest absolute Gasteiger partial charge is 0.469 e. The van der Waals surface area contributed by atoms with E-state index in [1.807, 2.05) is 31.2 Å². The molecule has 0 radical (unpaired) electrons. The summed E-state index contributed by atoms with van der Waals surface area (Å²) in [6.45, 7) is 25.8. The number of allylic oxidation sites excluding steroid dienone is 2. The number of nitrogens with one attached hydrogen (secondary N) is 3. The molecule has 0 spiro atoms. The third kappa shape index (κ3) is 13.7. The van der Waals surface area contributed by atoms with Gasteiger partial charge >= 0.3 is 11.9 Å². The van der Waals surface area contributed by atoms with Crippen LogP contribution in [0.3, 0.4) is 0 Å². The van der Waals surface area contributed by atoms with Crippen LogP contribution in [0.5, 0.6) is 0 Å². The van der Waals surface area contributed by atoms with Crippen molar-refractivity contribution in [2.45, 2.75) is 165 Å². The van der Waals surface area contributed by atoms with Gasteiger partial charge in [0, 0.05) is 63.7 Å². The Morgan fingerprint density at radius 2 is 1.51 bits per heavy atom. The maximum atomic E-state index is 14.1. The predicted molar refractivity (Wildman–Crippen MR) is 278 cm³/mol. The molecule has 3 aromatic rings. The van der Waals surface area contributed by atoms with E-state index >= 15 is 0 Å². The number of carbonyl (C=O) groups excluding carboxylic acids is 3. The summed E-state index contributed by atoms with van der Waals surface area (Å²) in [6.07, 6.45) is 16.1. The van der Waals surface area contributed by atoms with Crippen LogP contribution in [-0.4, -0.2) is 69.8 Å². The highest BCUT2D eigenvalue weighted by molar-refractivity contribution is 6.27. The molecule has 0 saturated carbocycles. The Balaban J connectivity index is 1.45. The number of fused-ring (bicyclic) bond motifs is 8. The van der Waals surface area contributed by atoms with Gasteiger partial charge in [-0.3, -0.25) is 19.4 Å². The maximum Gasteiger partial charge on any atom is 0.310 e. The number of ether oxygens (including phenoxy) is 2. The Bertz CT molecular complexity index is 2510. The van der Waals surface area contributed by atoms with Gasteiger partial charge in [0.2, 0.25) is 0 Å². The first-order chi connectivity index (χ1) is 32.5. The lowest BCUT2D eigenvalue weighted by atomic mass is 9.84. The van der Waals surface area contributed by atoms with Crippen LogP contribution in [0.2, 0.25) is 0 Å². The van der Waals surface area contributed by atoms with Crippen molar-refractivity contribution in [1.82, 2.24) is 25.3 Å². The third-order valence-corrected chi connectivity index (χ3v) is 14.4. The van der Waals surface area contributed by atoms with Gasteiger partial charge < -0.3 is 29.9 Å². The topological polar surface area (TPSA) is 159 Å². The van der Waals surface area contributed by atoms with Crippen LogP contribution in [0.15, 0.2) is 36.4 Å². The van der Waals surface area contributed by atoms with Crippen molar-refractivity contribution in [2.24, 2.45) is 17.8 Å². The van der Waals surface area contributed by atoms with Crippen molar-refractivity contribution in [3.05, 3.63) is 87.0 Å². The SMILES string of the molecule is C=Cc1c(C)c2cc3nc(c(CC(=O)OC)c4nc(cc5[nH]c(cc1[nH]2)c(C)c5CC)C(C)=C4C(=O)NCCO)C(CCC(=O)OCC=C(C)CCCC(C)CCCC(C)CCCC(C)C)C3C. The fourth-order valence-electron chi connectivity index (χ4n) is 10.0. The Kier molecular flexibility index (Phi) is 20.0. The molecule has 11 nitrogen and oxygen atoms in total. The number of nitrogens with zero attached hydrogens (tertiary/aromatic N) is 2. The first-order valence-electron chi connectivity index (χ1n) is 25.4. The highest BCUT2D eigenvalue weighted by atomic mass is 16.5. The summed E-state index contributed by atoms with van der Waals surface area (Å²) in [6, 6.07) is 6.10. The highest BCUT2D eigenvalue weighted by Gasteiger charge is 2.36. The standard InChI is InChI=1S/C57H81N5O6/c1-13-42-38(8)46-31-48-40(10)44(24-25-52(64)68-29-26-37(7)23-17-22-36(6)21-16-20-35(5)19-15-18-34(3)4)55(61-48)45(30-53(65)67-12)56-54(57(66)58-27-28-63)41(11)49(62-56)33-51-43(14-2)39(9)47(60-51)32-50(42)59-46/h13,26,31-36,40,44,59-60,63H,1,14-25,27-30H2,2-12H3,(H,58,66). The van der Waals surface area contributed by atoms with Crippen LogP contribution < -0.4 is 5.32 Å². The number of aromatic nitrogens is 4. The van der Waals surface area contributed by atoms with Crippen molar-refractivity contribution in [3.8, 4) is 0 Å². The summed E-state index contributed by atoms with van der Waals surface area (Å²) in [5.41, 5.74) is 12.5. The number of H-pyrrole nitrogens is 2. The van der Waals surface area contributed by atoms with E-state index < -0.39 is 11.9 Å². The van der Waals surface area contributed by atoms with Gasteiger partial charge in [0.15, 0.2) is 0 Å². The van der Waals surface area contributed by atoms with E-state index in [-0.39, 0.29) is 50.4 Å². The zero-order chi connectivity index (χ0) is 49.7. The minimum atomic E-state index is -0.517. The summed E-state index contributed by atoms with van der Waals surface area (Å²) in [7, 11) is 1.33. The number of hydrogen-bond donors (Lipinski definition) is 4. The molecule has 370 valence electrons. The molecule has 8 bridgehead atoms. The molecule has 5 rings (SSSR count). The van der Waals surface area contributed by atoms with Crippen LogP contribution in [0, 0.1) is 31.6 Å². The van der Waals surface area contributed by atoms with E-state index in [9.17, 15) is 19.5 Å². The number of hydrogen-bond acceptors (Lipinski definition) is 8. The summed E-state index contributed by atoms with van der Waals surface area (Å²) < 4.78 is 11.1. The fraction of sp³-hybridized carbons (Fsp3) is 0.561. The monoisotopic (exact) mass is 932 g/mol. The van der Waals surface area contributed by atoms with Crippen molar-refractivity contribution in [2.75, 3.05) is 26.9 Å². The molecule has 4 N–H and O–H groups in total. The summed E-state index contributed by atoms with van der Waals surface area (Å²) in [5, 5.41) is 12.5. The number of aryl methyl sites for hydroxylation is 3. The molecule has 0 aliphatic carbocycles. The van der Waals surface area contributed by atoms with E-state index in [0.717, 1.165) is 81.1 Å². The number of aliphatic hydroxyl groups is 1. The molecule has 4 atom stereocenters. The molecule has 3 aromatic heterocycles. The second-order valence-corrected chi connectivity index (χ2v) is 20.0. The van der Waals surface area contributed by atoms with Crippen molar-refractivity contribution >= 4 is 57.1 Å². The molecule has 0 fully saturated rings. The van der Waals surface area contributed by atoms with Crippen LogP contribution in [0.25, 0.3) is 39.3 Å². The molecule has 2 aliphatic rings. The lowest BCUT2D eigenvalue weighted by Crippen LogP contribution is -2.28. The van der Waals surface area contributed by atoms with Gasteiger partial charge in [0.25, 0.3) is 5.91 Å². The van der Waals surface area contributed by atoms with E-state index in [0.29, 0.717) is 46.1 Å². The minimum absolute atomic E-state index is 0.0369. The van der Waals surface area contributed by atoms with E-state index in [1.165, 1.54) is 57.6 Å². The molecule has 4 unspecified atom stereocenters. The first-order valence-corrected chi connectivity index (χ1v) is 25.4. The van der Waals surface area contributed by atoms with Gasteiger partial charge in [-0.1, -0.05) is 105 Å². The summed E-state index contributed by atoms with van der Waals surface area (Å²) in [4.78, 5) is 58.8. The highest BCUT2D eigenvalue weighted by Crippen LogP contribution is 2.44. The zero-order valence-corrected chi connectivity index (χ0v) is 43.2. The van der Waals surface area contributed by atoms with Gasteiger partial charge in [-0.05, 0) is 118 Å².